The van der Waals surface area contributed by atoms with Gasteiger partial charge in [-0.25, -0.2) is 0 Å². The first-order chi connectivity index (χ1) is 7.40. The van der Waals surface area contributed by atoms with E-state index in [4.69, 9.17) is 5.41 Å². The lowest BCUT2D eigenvalue weighted by Gasteiger charge is -2.31. The molecule has 1 fully saturated rings. The molecule has 0 radical (unpaired) electrons. The highest BCUT2D eigenvalue weighted by atomic mass is 15.3. The molecule has 0 aromatic heterocycles. The Hall–Kier alpha value is -0.570. The van der Waals surface area contributed by atoms with E-state index in [2.05, 4.69) is 44.4 Å². The fourth-order valence-electron chi connectivity index (χ4n) is 2.46. The summed E-state index contributed by atoms with van der Waals surface area (Å²) in [5, 5.41) is 8.19. The molecule has 3 nitrogen and oxygen atoms in total. The molecule has 1 N–H and O–H groups in total. The van der Waals surface area contributed by atoms with Gasteiger partial charge in [-0.1, -0.05) is 34.6 Å². The Kier molecular flexibility index (Phi) is 4.36. The summed E-state index contributed by atoms with van der Waals surface area (Å²) in [7, 11) is 0. The molecule has 0 amide bonds. The molecule has 0 spiro atoms. The van der Waals surface area contributed by atoms with Gasteiger partial charge < -0.3 is 4.90 Å². The van der Waals surface area contributed by atoms with Gasteiger partial charge in [0.15, 0.2) is 0 Å². The molecule has 0 aromatic rings. The summed E-state index contributed by atoms with van der Waals surface area (Å²) in [6.07, 6.45) is 1.21. The second-order valence-corrected chi connectivity index (χ2v) is 5.71. The average Bonchev–Trinajstić information content (AvgIpc) is 2.66. The minimum Gasteiger partial charge on any atom is -0.358 e. The zero-order valence-corrected chi connectivity index (χ0v) is 11.5. The second kappa shape index (κ2) is 5.17. The van der Waals surface area contributed by atoms with Gasteiger partial charge in [0.05, 0.1) is 0 Å². The number of hydrogen-bond donors (Lipinski definition) is 1. The quantitative estimate of drug-likeness (QED) is 0.590. The van der Waals surface area contributed by atoms with E-state index < -0.39 is 0 Å². The minimum atomic E-state index is -0.0157. The van der Waals surface area contributed by atoms with E-state index in [-0.39, 0.29) is 5.41 Å². The normalized spacial score (nSPS) is 21.9. The van der Waals surface area contributed by atoms with Crippen molar-refractivity contribution in [2.45, 2.75) is 47.1 Å². The molecule has 1 heterocycles. The summed E-state index contributed by atoms with van der Waals surface area (Å²) in [5.74, 6) is 0.794. The van der Waals surface area contributed by atoms with Gasteiger partial charge in [-0.15, -0.1) is 0 Å². The van der Waals surface area contributed by atoms with Crippen LogP contribution in [0.5, 0.6) is 0 Å². The van der Waals surface area contributed by atoms with Crippen LogP contribution in [0.2, 0.25) is 0 Å². The summed E-state index contributed by atoms with van der Waals surface area (Å²) in [6.45, 7) is 15.2. The Bertz CT molecular complexity index is 238. The maximum Gasteiger partial charge on any atom is 0.101 e. The van der Waals surface area contributed by atoms with Crippen molar-refractivity contribution >= 4 is 5.84 Å². The maximum absolute atomic E-state index is 8.19. The molecule has 94 valence electrons. The Morgan fingerprint density at radius 1 is 1.31 bits per heavy atom. The highest BCUT2D eigenvalue weighted by Gasteiger charge is 2.31. The van der Waals surface area contributed by atoms with Gasteiger partial charge in [0.1, 0.15) is 5.84 Å². The molecule has 1 aliphatic rings. The number of nitrogens with one attached hydrogen (secondary N) is 1. The van der Waals surface area contributed by atoms with E-state index in [1.165, 1.54) is 6.42 Å². The number of likely N-dealkylation sites (tertiary alicyclic amines) is 1. The first-order valence-electron chi connectivity index (χ1n) is 6.48. The largest absolute Gasteiger partial charge is 0.358 e. The summed E-state index contributed by atoms with van der Waals surface area (Å²) >= 11 is 0. The topological polar surface area (TPSA) is 30.3 Å². The molecule has 1 unspecified atom stereocenters. The zero-order chi connectivity index (χ0) is 12.3. The van der Waals surface area contributed by atoms with Crippen LogP contribution >= 0.6 is 0 Å². The predicted molar refractivity (Wildman–Crippen MR) is 70.1 cm³/mol. The molecule has 3 heteroatoms. The first kappa shape index (κ1) is 13.5. The molecule has 1 rings (SSSR count). The number of amidine groups is 1. The summed E-state index contributed by atoms with van der Waals surface area (Å²) in [5.41, 5.74) is -0.0157. The van der Waals surface area contributed by atoms with Crippen molar-refractivity contribution in [1.82, 2.24) is 9.80 Å². The van der Waals surface area contributed by atoms with Crippen LogP contribution in [0.15, 0.2) is 0 Å². The van der Waals surface area contributed by atoms with Crippen molar-refractivity contribution < 1.29 is 0 Å². The smallest absolute Gasteiger partial charge is 0.101 e. The van der Waals surface area contributed by atoms with Gasteiger partial charge in [0.2, 0.25) is 0 Å². The lowest BCUT2D eigenvalue weighted by atomic mass is 9.94. The van der Waals surface area contributed by atoms with Crippen molar-refractivity contribution in [3.05, 3.63) is 0 Å². The summed E-state index contributed by atoms with van der Waals surface area (Å²) in [6, 6.07) is 0.651. The molecule has 1 aliphatic heterocycles. The van der Waals surface area contributed by atoms with Crippen LogP contribution in [-0.4, -0.2) is 47.9 Å². The lowest BCUT2D eigenvalue weighted by Crippen LogP contribution is -2.41. The highest BCUT2D eigenvalue weighted by molar-refractivity contribution is 5.84. The standard InChI is InChI=1S/C13H27N3/c1-6-15(7-2)11-8-9-16(10-11)12(14)13(3,4)5/h11,14H,6-10H2,1-5H3. The third kappa shape index (κ3) is 2.97. The molecular weight excluding hydrogens is 198 g/mol. The van der Waals surface area contributed by atoms with Gasteiger partial charge in [-0.05, 0) is 19.5 Å². The van der Waals surface area contributed by atoms with Crippen LogP contribution in [-0.2, 0) is 0 Å². The van der Waals surface area contributed by atoms with E-state index in [0.717, 1.165) is 32.0 Å². The Morgan fingerprint density at radius 2 is 1.88 bits per heavy atom. The number of hydrogen-bond acceptors (Lipinski definition) is 2. The molecule has 0 saturated carbocycles. The number of likely N-dealkylation sites (N-methyl/N-ethyl adjacent to an activating group) is 1. The van der Waals surface area contributed by atoms with Crippen molar-refractivity contribution in [2.24, 2.45) is 5.41 Å². The zero-order valence-electron chi connectivity index (χ0n) is 11.5. The monoisotopic (exact) mass is 225 g/mol. The van der Waals surface area contributed by atoms with Crippen LogP contribution in [0.25, 0.3) is 0 Å². The van der Waals surface area contributed by atoms with Crippen LogP contribution < -0.4 is 0 Å². The van der Waals surface area contributed by atoms with Gasteiger partial charge in [-0.2, -0.15) is 0 Å². The van der Waals surface area contributed by atoms with Crippen LogP contribution in [0.3, 0.4) is 0 Å². The Labute approximate surface area is 100 Å². The molecule has 0 bridgehead atoms. The third-order valence-corrected chi connectivity index (χ3v) is 3.52. The molecule has 16 heavy (non-hydrogen) atoms. The van der Waals surface area contributed by atoms with Crippen molar-refractivity contribution in [1.29, 1.82) is 5.41 Å². The van der Waals surface area contributed by atoms with E-state index in [1.54, 1.807) is 0 Å². The Morgan fingerprint density at radius 3 is 2.31 bits per heavy atom. The lowest BCUT2D eigenvalue weighted by molar-refractivity contribution is 0.222. The van der Waals surface area contributed by atoms with Crippen LogP contribution in [0.4, 0.5) is 0 Å². The highest BCUT2D eigenvalue weighted by Crippen LogP contribution is 2.23. The fraction of sp³-hybridized carbons (Fsp3) is 0.923. The first-order valence-corrected chi connectivity index (χ1v) is 6.48. The number of nitrogens with zero attached hydrogens (tertiary/aromatic N) is 2. The SMILES string of the molecule is CCN(CC)C1CCN(C(=N)C(C)(C)C)C1. The van der Waals surface area contributed by atoms with E-state index in [0.29, 0.717) is 6.04 Å². The summed E-state index contributed by atoms with van der Waals surface area (Å²) in [4.78, 5) is 4.76. The molecular formula is C13H27N3. The molecule has 1 saturated heterocycles. The van der Waals surface area contributed by atoms with E-state index in [9.17, 15) is 0 Å². The van der Waals surface area contributed by atoms with Gasteiger partial charge in [0.25, 0.3) is 0 Å². The average molecular weight is 225 g/mol. The van der Waals surface area contributed by atoms with E-state index >= 15 is 0 Å². The van der Waals surface area contributed by atoms with Gasteiger partial charge in [0, 0.05) is 24.5 Å². The number of rotatable bonds is 3. The summed E-state index contributed by atoms with van der Waals surface area (Å²) < 4.78 is 0. The maximum atomic E-state index is 8.19. The van der Waals surface area contributed by atoms with Crippen LogP contribution in [0, 0.1) is 10.8 Å². The molecule has 0 aliphatic carbocycles. The van der Waals surface area contributed by atoms with Crippen LogP contribution in [0.1, 0.15) is 41.0 Å². The second-order valence-electron chi connectivity index (χ2n) is 5.71. The van der Waals surface area contributed by atoms with E-state index in [1.807, 2.05) is 0 Å². The minimum absolute atomic E-state index is 0.0157. The molecule has 0 aromatic carbocycles. The van der Waals surface area contributed by atoms with Crippen molar-refractivity contribution in [2.75, 3.05) is 26.2 Å². The Balaban J connectivity index is 2.56. The predicted octanol–water partition coefficient (Wildman–Crippen LogP) is 2.43. The van der Waals surface area contributed by atoms with Crippen molar-refractivity contribution in [3.8, 4) is 0 Å². The third-order valence-electron chi connectivity index (χ3n) is 3.52. The van der Waals surface area contributed by atoms with Gasteiger partial charge >= 0.3 is 0 Å². The van der Waals surface area contributed by atoms with Gasteiger partial charge in [-0.3, -0.25) is 10.3 Å². The molecule has 1 atom stereocenters. The fourth-order valence-corrected chi connectivity index (χ4v) is 2.46. The van der Waals surface area contributed by atoms with Crippen molar-refractivity contribution in [3.63, 3.8) is 0 Å².